The first-order chi connectivity index (χ1) is 29.8. The number of anilines is 3. The largest absolute Gasteiger partial charge is 0.310 e. The number of fused-ring (bicyclic) bond motifs is 10. The summed E-state index contributed by atoms with van der Waals surface area (Å²) in [5.74, 6) is 0. The molecule has 0 aliphatic heterocycles. The molecule has 2 heteroatoms. The lowest BCUT2D eigenvalue weighted by molar-refractivity contribution is 1.18. The molecule has 11 aromatic carbocycles. The predicted octanol–water partition coefficient (Wildman–Crippen LogP) is 16.2. The maximum atomic E-state index is 2.46. The van der Waals surface area contributed by atoms with Gasteiger partial charge in [-0.3, -0.25) is 0 Å². The Morgan fingerprint density at radius 2 is 0.800 bits per heavy atom. The fourth-order valence-electron chi connectivity index (χ4n) is 9.72. The molecule has 0 saturated carbocycles. The molecule has 2 nitrogen and oxygen atoms in total. The van der Waals surface area contributed by atoms with Gasteiger partial charge in [0.15, 0.2) is 0 Å². The van der Waals surface area contributed by atoms with Crippen molar-refractivity contribution in [3.8, 4) is 27.9 Å². The van der Waals surface area contributed by atoms with Crippen LogP contribution in [0.1, 0.15) is 0 Å². The molecule has 0 spiro atoms. The third-order valence-electron chi connectivity index (χ3n) is 12.4. The van der Waals surface area contributed by atoms with E-state index in [0.717, 1.165) is 28.3 Å². The molecule has 0 fully saturated rings. The number of aromatic nitrogens is 1. The fraction of sp³-hybridized carbons (Fsp3) is 0. The van der Waals surface area contributed by atoms with Gasteiger partial charge in [-0.1, -0.05) is 182 Å². The first-order valence-electron chi connectivity index (χ1n) is 20.7. The van der Waals surface area contributed by atoms with Gasteiger partial charge in [-0.2, -0.15) is 0 Å². The lowest BCUT2D eigenvalue weighted by Gasteiger charge is -2.28. The molecule has 0 bridgehead atoms. The molecule has 0 amide bonds. The van der Waals surface area contributed by atoms with Crippen LogP contribution in [0.4, 0.5) is 17.1 Å². The third kappa shape index (κ3) is 5.35. The van der Waals surface area contributed by atoms with Crippen molar-refractivity contribution in [3.05, 3.63) is 231 Å². The zero-order chi connectivity index (χ0) is 39.6. The summed E-state index contributed by atoms with van der Waals surface area (Å²) < 4.78 is 2.42. The van der Waals surface area contributed by atoms with Crippen LogP contribution in [0.25, 0.3) is 92.8 Å². The maximum absolute atomic E-state index is 2.46. The quantitative estimate of drug-likeness (QED) is 0.153. The molecule has 0 aliphatic rings. The van der Waals surface area contributed by atoms with Gasteiger partial charge >= 0.3 is 0 Å². The van der Waals surface area contributed by atoms with E-state index in [4.69, 9.17) is 0 Å². The van der Waals surface area contributed by atoms with Crippen molar-refractivity contribution >= 4 is 82.0 Å². The van der Waals surface area contributed by atoms with Crippen molar-refractivity contribution in [2.75, 3.05) is 4.90 Å². The van der Waals surface area contributed by atoms with E-state index >= 15 is 0 Å². The second kappa shape index (κ2) is 13.9. The van der Waals surface area contributed by atoms with Crippen molar-refractivity contribution in [1.82, 2.24) is 4.57 Å². The summed E-state index contributed by atoms with van der Waals surface area (Å²) in [6.07, 6.45) is 0. The Balaban J connectivity index is 1.08. The smallest absolute Gasteiger partial charge is 0.0546 e. The van der Waals surface area contributed by atoms with Crippen LogP contribution in [0, 0.1) is 0 Å². The zero-order valence-electron chi connectivity index (χ0n) is 32.8. The Kier molecular flexibility index (Phi) is 7.89. The molecular formula is C58H38N2. The number of hydrogen-bond acceptors (Lipinski definition) is 1. The average molecular weight is 763 g/mol. The molecule has 12 rings (SSSR count). The summed E-state index contributed by atoms with van der Waals surface area (Å²) >= 11 is 0. The fourth-order valence-corrected chi connectivity index (χ4v) is 9.72. The highest BCUT2D eigenvalue weighted by molar-refractivity contribution is 6.28. The van der Waals surface area contributed by atoms with Crippen molar-refractivity contribution in [2.45, 2.75) is 0 Å². The molecule has 0 atom stereocenters. The minimum absolute atomic E-state index is 1.09. The molecule has 280 valence electrons. The monoisotopic (exact) mass is 762 g/mol. The molecular weight excluding hydrogens is 725 g/mol. The van der Waals surface area contributed by atoms with Crippen LogP contribution in [0.15, 0.2) is 231 Å². The molecule has 0 aliphatic carbocycles. The SMILES string of the molecule is c1cc(-c2cccc3ccccc23)cc(N(c2ccc(-c3ccccc3-n3c4ccccc4c4ccccc43)cc2)c2cccc3c4ccccc4c4ccccc4c23)c1. The standard InChI is InChI=1S/C58H38N2/c1-2-20-44-39(16-1)17-14-28-45(44)41-18-13-19-43(38-41)59(57-33-15-29-53-49-23-4-3-22-47(49)48-24-5-6-27-52(48)58(53)57)42-36-34-40(35-37-42)46-21-7-10-30-54(46)60-55-31-11-8-25-50(55)51-26-9-12-32-56(51)60/h1-38H. The number of rotatable bonds is 6. The van der Waals surface area contributed by atoms with Gasteiger partial charge in [0, 0.05) is 33.1 Å². The van der Waals surface area contributed by atoms with E-state index in [-0.39, 0.29) is 0 Å². The highest BCUT2D eigenvalue weighted by atomic mass is 15.1. The van der Waals surface area contributed by atoms with E-state index in [1.54, 1.807) is 0 Å². The van der Waals surface area contributed by atoms with E-state index in [1.807, 2.05) is 0 Å². The summed E-state index contributed by atoms with van der Waals surface area (Å²) in [6, 6.07) is 84.3. The van der Waals surface area contributed by atoms with Crippen LogP contribution in [-0.2, 0) is 0 Å². The maximum Gasteiger partial charge on any atom is 0.0546 e. The van der Waals surface area contributed by atoms with Gasteiger partial charge in [-0.25, -0.2) is 0 Å². The summed E-state index contributed by atoms with van der Waals surface area (Å²) in [7, 11) is 0. The van der Waals surface area contributed by atoms with Crippen molar-refractivity contribution in [1.29, 1.82) is 0 Å². The average Bonchev–Trinajstić information content (AvgIpc) is 3.66. The lowest BCUT2D eigenvalue weighted by atomic mass is 9.92. The summed E-state index contributed by atoms with van der Waals surface area (Å²) in [5, 5.41) is 12.5. The van der Waals surface area contributed by atoms with Gasteiger partial charge in [-0.05, 0) is 103 Å². The minimum atomic E-state index is 1.09. The van der Waals surface area contributed by atoms with Crippen LogP contribution in [0.3, 0.4) is 0 Å². The highest BCUT2D eigenvalue weighted by Gasteiger charge is 2.21. The number of nitrogens with zero attached hydrogens (tertiary/aromatic N) is 2. The Hall–Kier alpha value is -7.94. The highest BCUT2D eigenvalue weighted by Crippen LogP contribution is 2.46. The van der Waals surface area contributed by atoms with Gasteiger partial charge in [0.2, 0.25) is 0 Å². The molecule has 0 saturated heterocycles. The molecule has 12 aromatic rings. The van der Waals surface area contributed by atoms with E-state index in [9.17, 15) is 0 Å². The van der Waals surface area contributed by atoms with E-state index in [2.05, 4.69) is 240 Å². The Morgan fingerprint density at radius 3 is 1.52 bits per heavy atom. The van der Waals surface area contributed by atoms with E-state index in [1.165, 1.54) is 81.6 Å². The van der Waals surface area contributed by atoms with Gasteiger partial charge in [0.05, 0.1) is 22.4 Å². The van der Waals surface area contributed by atoms with E-state index < -0.39 is 0 Å². The summed E-state index contributed by atoms with van der Waals surface area (Å²) in [6.45, 7) is 0. The van der Waals surface area contributed by atoms with Gasteiger partial charge in [0.25, 0.3) is 0 Å². The Bertz CT molecular complexity index is 3510. The first kappa shape index (κ1) is 34.1. The second-order valence-corrected chi connectivity index (χ2v) is 15.6. The number of benzene rings is 11. The predicted molar refractivity (Wildman–Crippen MR) is 256 cm³/mol. The normalized spacial score (nSPS) is 11.7. The number of para-hydroxylation sites is 3. The van der Waals surface area contributed by atoms with Crippen LogP contribution in [0.2, 0.25) is 0 Å². The van der Waals surface area contributed by atoms with Crippen molar-refractivity contribution in [2.24, 2.45) is 0 Å². The Labute approximate surface area is 348 Å². The minimum Gasteiger partial charge on any atom is -0.310 e. The van der Waals surface area contributed by atoms with Crippen LogP contribution >= 0.6 is 0 Å². The summed E-state index contributed by atoms with van der Waals surface area (Å²) in [4.78, 5) is 2.46. The number of hydrogen-bond donors (Lipinski definition) is 0. The summed E-state index contributed by atoms with van der Waals surface area (Å²) in [5.41, 5.74) is 11.7. The molecule has 0 unspecified atom stereocenters. The van der Waals surface area contributed by atoms with E-state index in [0.29, 0.717) is 0 Å². The molecule has 0 radical (unpaired) electrons. The zero-order valence-corrected chi connectivity index (χ0v) is 32.8. The lowest BCUT2D eigenvalue weighted by Crippen LogP contribution is -2.11. The molecule has 1 heterocycles. The molecule has 1 aromatic heterocycles. The van der Waals surface area contributed by atoms with Gasteiger partial charge in [0.1, 0.15) is 0 Å². The van der Waals surface area contributed by atoms with Crippen LogP contribution in [-0.4, -0.2) is 4.57 Å². The van der Waals surface area contributed by atoms with Gasteiger partial charge in [-0.15, -0.1) is 0 Å². The molecule has 60 heavy (non-hydrogen) atoms. The Morgan fingerprint density at radius 1 is 0.300 bits per heavy atom. The van der Waals surface area contributed by atoms with Crippen molar-refractivity contribution in [3.63, 3.8) is 0 Å². The third-order valence-corrected chi connectivity index (χ3v) is 12.4. The topological polar surface area (TPSA) is 8.17 Å². The molecule has 0 N–H and O–H groups in total. The second-order valence-electron chi connectivity index (χ2n) is 15.6. The van der Waals surface area contributed by atoms with Crippen LogP contribution < -0.4 is 4.90 Å². The first-order valence-corrected chi connectivity index (χ1v) is 20.7. The van der Waals surface area contributed by atoms with Crippen LogP contribution in [0.5, 0.6) is 0 Å². The van der Waals surface area contributed by atoms with Gasteiger partial charge < -0.3 is 9.47 Å². The van der Waals surface area contributed by atoms with Crippen molar-refractivity contribution < 1.29 is 0 Å².